The molecule has 0 amide bonds. The van der Waals surface area contributed by atoms with Crippen molar-refractivity contribution in [2.75, 3.05) is 19.8 Å². The van der Waals surface area contributed by atoms with Gasteiger partial charge in [-0.25, -0.2) is 0 Å². The Morgan fingerprint density at radius 1 is 1.38 bits per heavy atom. The summed E-state index contributed by atoms with van der Waals surface area (Å²) in [4.78, 5) is 2.57. The minimum atomic E-state index is 0.295. The Bertz CT molecular complexity index is 161. The molecule has 0 N–H and O–H groups in total. The minimum Gasteiger partial charge on any atom is -0.378 e. The van der Waals surface area contributed by atoms with E-state index in [9.17, 15) is 0 Å². The predicted octanol–water partition coefficient (Wildman–Crippen LogP) is 2.14. The van der Waals surface area contributed by atoms with Gasteiger partial charge in [0.05, 0.1) is 19.3 Å². The van der Waals surface area contributed by atoms with Gasteiger partial charge < -0.3 is 4.74 Å². The maximum Gasteiger partial charge on any atom is 0.0645 e. The van der Waals surface area contributed by atoms with Gasteiger partial charge in [0, 0.05) is 5.54 Å². The molecule has 0 spiro atoms. The summed E-state index contributed by atoms with van der Waals surface area (Å²) in [7, 11) is 0. The first-order valence-electron chi connectivity index (χ1n) is 5.34. The van der Waals surface area contributed by atoms with E-state index < -0.39 is 0 Å². The van der Waals surface area contributed by atoms with E-state index in [2.05, 4.69) is 39.5 Å². The lowest BCUT2D eigenvalue weighted by Crippen LogP contribution is -2.59. The van der Waals surface area contributed by atoms with E-state index in [0.29, 0.717) is 17.5 Å². The van der Waals surface area contributed by atoms with E-state index >= 15 is 0 Å². The SMILES string of the molecule is CCN(C1COC1)C(C)(C)C(C)C. The van der Waals surface area contributed by atoms with Crippen LogP contribution in [-0.4, -0.2) is 36.2 Å². The highest BCUT2D eigenvalue weighted by Crippen LogP contribution is 2.28. The second-order valence-electron chi connectivity index (χ2n) is 4.79. The van der Waals surface area contributed by atoms with Crippen molar-refractivity contribution in [3.63, 3.8) is 0 Å². The van der Waals surface area contributed by atoms with E-state index in [1.54, 1.807) is 0 Å². The largest absolute Gasteiger partial charge is 0.378 e. The summed E-state index contributed by atoms with van der Waals surface area (Å²) in [5.41, 5.74) is 0.295. The Kier molecular flexibility index (Phi) is 3.36. The highest BCUT2D eigenvalue weighted by molar-refractivity contribution is 4.90. The average molecular weight is 185 g/mol. The van der Waals surface area contributed by atoms with E-state index in [1.165, 1.54) is 0 Å². The van der Waals surface area contributed by atoms with Crippen LogP contribution in [0.5, 0.6) is 0 Å². The molecule has 78 valence electrons. The molecule has 0 aromatic heterocycles. The molecule has 2 heteroatoms. The van der Waals surface area contributed by atoms with Gasteiger partial charge in [-0.3, -0.25) is 4.90 Å². The van der Waals surface area contributed by atoms with Crippen LogP contribution >= 0.6 is 0 Å². The van der Waals surface area contributed by atoms with Crippen molar-refractivity contribution < 1.29 is 4.74 Å². The van der Waals surface area contributed by atoms with Crippen molar-refractivity contribution >= 4 is 0 Å². The maximum absolute atomic E-state index is 5.25. The molecular weight excluding hydrogens is 162 g/mol. The Hall–Kier alpha value is -0.0800. The van der Waals surface area contributed by atoms with Crippen molar-refractivity contribution in [3.8, 4) is 0 Å². The van der Waals surface area contributed by atoms with Crippen LogP contribution in [0.15, 0.2) is 0 Å². The van der Waals surface area contributed by atoms with Crippen molar-refractivity contribution in [2.24, 2.45) is 5.92 Å². The van der Waals surface area contributed by atoms with Gasteiger partial charge in [-0.15, -0.1) is 0 Å². The van der Waals surface area contributed by atoms with Gasteiger partial charge in [0.15, 0.2) is 0 Å². The van der Waals surface area contributed by atoms with Gasteiger partial charge in [0.2, 0.25) is 0 Å². The molecule has 1 heterocycles. The van der Waals surface area contributed by atoms with E-state index in [-0.39, 0.29) is 0 Å². The second kappa shape index (κ2) is 3.97. The smallest absolute Gasteiger partial charge is 0.0645 e. The molecule has 1 fully saturated rings. The first-order valence-corrected chi connectivity index (χ1v) is 5.34. The molecule has 2 nitrogen and oxygen atoms in total. The van der Waals surface area contributed by atoms with E-state index in [0.717, 1.165) is 19.8 Å². The van der Waals surface area contributed by atoms with Crippen molar-refractivity contribution in [1.82, 2.24) is 4.90 Å². The fourth-order valence-electron chi connectivity index (χ4n) is 1.87. The number of hydrogen-bond donors (Lipinski definition) is 0. The highest BCUT2D eigenvalue weighted by Gasteiger charge is 2.36. The van der Waals surface area contributed by atoms with Crippen LogP contribution in [0.1, 0.15) is 34.6 Å². The normalized spacial score (nSPS) is 19.6. The lowest BCUT2D eigenvalue weighted by Gasteiger charge is -2.48. The number of nitrogens with zero attached hydrogens (tertiary/aromatic N) is 1. The summed E-state index contributed by atoms with van der Waals surface area (Å²) >= 11 is 0. The highest BCUT2D eigenvalue weighted by atomic mass is 16.5. The van der Waals surface area contributed by atoms with Crippen LogP contribution in [0.3, 0.4) is 0 Å². The fourth-order valence-corrected chi connectivity index (χ4v) is 1.87. The Balaban J connectivity index is 2.63. The van der Waals surface area contributed by atoms with Gasteiger partial charge in [-0.1, -0.05) is 20.8 Å². The number of ether oxygens (including phenoxy) is 1. The molecule has 0 radical (unpaired) electrons. The van der Waals surface area contributed by atoms with Gasteiger partial charge >= 0.3 is 0 Å². The van der Waals surface area contributed by atoms with Gasteiger partial charge in [-0.2, -0.15) is 0 Å². The molecule has 13 heavy (non-hydrogen) atoms. The summed E-state index contributed by atoms with van der Waals surface area (Å²) < 4.78 is 5.25. The summed E-state index contributed by atoms with van der Waals surface area (Å²) in [6.45, 7) is 14.5. The van der Waals surface area contributed by atoms with Crippen LogP contribution in [0.4, 0.5) is 0 Å². The van der Waals surface area contributed by atoms with Crippen LogP contribution in [-0.2, 0) is 4.74 Å². The van der Waals surface area contributed by atoms with Crippen LogP contribution in [0.25, 0.3) is 0 Å². The predicted molar refractivity (Wildman–Crippen MR) is 55.9 cm³/mol. The molecule has 0 unspecified atom stereocenters. The maximum atomic E-state index is 5.25. The summed E-state index contributed by atoms with van der Waals surface area (Å²) in [6.07, 6.45) is 0. The van der Waals surface area contributed by atoms with Gasteiger partial charge in [0.25, 0.3) is 0 Å². The Morgan fingerprint density at radius 3 is 2.15 bits per heavy atom. The molecule has 0 aromatic rings. The number of rotatable bonds is 4. The third-order valence-electron chi connectivity index (χ3n) is 3.56. The van der Waals surface area contributed by atoms with Gasteiger partial charge in [-0.05, 0) is 26.3 Å². The third-order valence-corrected chi connectivity index (χ3v) is 3.56. The quantitative estimate of drug-likeness (QED) is 0.665. The molecule has 1 rings (SSSR count). The number of likely N-dealkylation sites (N-methyl/N-ethyl adjacent to an activating group) is 1. The standard InChI is InChI=1S/C11H23NO/c1-6-12(10-7-13-8-10)11(4,5)9(2)3/h9-10H,6-8H2,1-5H3. The Morgan fingerprint density at radius 2 is 1.92 bits per heavy atom. The molecule has 1 aliphatic rings. The molecule has 1 saturated heterocycles. The van der Waals surface area contributed by atoms with E-state index in [1.807, 2.05) is 0 Å². The van der Waals surface area contributed by atoms with E-state index in [4.69, 9.17) is 4.74 Å². The van der Waals surface area contributed by atoms with Crippen LogP contribution < -0.4 is 0 Å². The van der Waals surface area contributed by atoms with Crippen molar-refractivity contribution in [2.45, 2.75) is 46.2 Å². The van der Waals surface area contributed by atoms with Crippen molar-refractivity contribution in [3.05, 3.63) is 0 Å². The summed E-state index contributed by atoms with van der Waals surface area (Å²) in [5.74, 6) is 0.688. The Labute approximate surface area is 82.3 Å². The second-order valence-corrected chi connectivity index (χ2v) is 4.79. The summed E-state index contributed by atoms with van der Waals surface area (Å²) in [6, 6.07) is 0.655. The first kappa shape index (κ1) is 11.0. The first-order chi connectivity index (χ1) is 6.00. The zero-order chi connectivity index (χ0) is 10.1. The third kappa shape index (κ3) is 2.05. The molecule has 0 aromatic carbocycles. The van der Waals surface area contributed by atoms with Crippen LogP contribution in [0.2, 0.25) is 0 Å². The zero-order valence-corrected chi connectivity index (χ0v) is 9.63. The average Bonchev–Trinajstić information content (AvgIpc) is 1.95. The molecule has 0 saturated carbocycles. The molecule has 0 bridgehead atoms. The minimum absolute atomic E-state index is 0.295. The van der Waals surface area contributed by atoms with Crippen molar-refractivity contribution in [1.29, 1.82) is 0 Å². The number of hydrogen-bond acceptors (Lipinski definition) is 2. The monoisotopic (exact) mass is 185 g/mol. The zero-order valence-electron chi connectivity index (χ0n) is 9.63. The molecule has 0 atom stereocenters. The van der Waals surface area contributed by atoms with Gasteiger partial charge in [0.1, 0.15) is 0 Å². The lowest BCUT2D eigenvalue weighted by atomic mass is 9.87. The van der Waals surface area contributed by atoms with Crippen LogP contribution in [0, 0.1) is 5.92 Å². The molecule has 1 aliphatic heterocycles. The molecular formula is C11H23NO. The topological polar surface area (TPSA) is 12.5 Å². The molecule has 0 aliphatic carbocycles. The fraction of sp³-hybridized carbons (Fsp3) is 1.00. The summed E-state index contributed by atoms with van der Waals surface area (Å²) in [5, 5.41) is 0. The lowest BCUT2D eigenvalue weighted by molar-refractivity contribution is -0.105.